The topological polar surface area (TPSA) is 126 Å². The molecule has 1 heterocycles. The van der Waals surface area contributed by atoms with Crippen molar-refractivity contribution < 1.29 is 45.8 Å². The van der Waals surface area contributed by atoms with E-state index in [0.717, 1.165) is 25.0 Å². The molecular formula is C28H29F4N3O6. The fourth-order valence-corrected chi connectivity index (χ4v) is 3.93. The summed E-state index contributed by atoms with van der Waals surface area (Å²) in [6.45, 7) is 2.74. The van der Waals surface area contributed by atoms with Crippen molar-refractivity contribution in [2.45, 2.75) is 52.7 Å². The van der Waals surface area contributed by atoms with Crippen LogP contribution in [0.3, 0.4) is 0 Å². The molecule has 3 N–H and O–H groups in total. The lowest BCUT2D eigenvalue weighted by Gasteiger charge is -2.24. The SMILES string of the molecule is CC(C)(C)CC(OC(N)=O)c1oc(-c2ccc(OC(F)F)c(OCC3CC3)c2)nc1C(=O)Nc1ccc(F)cc1F. The van der Waals surface area contributed by atoms with Crippen LogP contribution >= 0.6 is 0 Å². The minimum Gasteiger partial charge on any atom is -0.489 e. The predicted molar refractivity (Wildman–Crippen MR) is 139 cm³/mol. The monoisotopic (exact) mass is 579 g/mol. The molecule has 1 aromatic heterocycles. The molecule has 1 aliphatic rings. The van der Waals surface area contributed by atoms with Crippen molar-refractivity contribution in [2.24, 2.45) is 17.1 Å². The predicted octanol–water partition coefficient (Wildman–Crippen LogP) is 6.83. The average molecular weight is 580 g/mol. The molecule has 41 heavy (non-hydrogen) atoms. The van der Waals surface area contributed by atoms with Gasteiger partial charge in [-0.3, -0.25) is 4.79 Å². The number of nitrogens with two attached hydrogens (primary N) is 1. The first-order valence-corrected chi connectivity index (χ1v) is 12.7. The third kappa shape index (κ3) is 8.12. The second kappa shape index (κ2) is 12.1. The number of nitrogens with one attached hydrogen (secondary N) is 1. The molecule has 0 saturated heterocycles. The van der Waals surface area contributed by atoms with Crippen LogP contribution in [0.5, 0.6) is 11.5 Å². The van der Waals surface area contributed by atoms with Crippen molar-refractivity contribution in [3.63, 3.8) is 0 Å². The summed E-state index contributed by atoms with van der Waals surface area (Å²) >= 11 is 0. The maximum Gasteiger partial charge on any atom is 0.405 e. The Bertz CT molecular complexity index is 1420. The largest absolute Gasteiger partial charge is 0.489 e. The van der Waals surface area contributed by atoms with Crippen LogP contribution in [0.2, 0.25) is 0 Å². The van der Waals surface area contributed by atoms with Gasteiger partial charge in [0.15, 0.2) is 29.1 Å². The first-order chi connectivity index (χ1) is 19.3. The second-order valence-corrected chi connectivity index (χ2v) is 10.8. The molecule has 0 spiro atoms. The van der Waals surface area contributed by atoms with E-state index in [2.05, 4.69) is 15.0 Å². The van der Waals surface area contributed by atoms with Crippen molar-refractivity contribution in [1.29, 1.82) is 0 Å². The van der Waals surface area contributed by atoms with Crippen LogP contribution in [0.25, 0.3) is 11.5 Å². The van der Waals surface area contributed by atoms with Gasteiger partial charge in [-0.1, -0.05) is 20.8 Å². The zero-order chi connectivity index (χ0) is 29.9. The van der Waals surface area contributed by atoms with E-state index >= 15 is 0 Å². The van der Waals surface area contributed by atoms with Gasteiger partial charge in [-0.15, -0.1) is 0 Å². The molecule has 1 fully saturated rings. The van der Waals surface area contributed by atoms with Gasteiger partial charge >= 0.3 is 12.7 Å². The molecule has 1 aliphatic carbocycles. The second-order valence-electron chi connectivity index (χ2n) is 10.8. The lowest BCUT2D eigenvalue weighted by molar-refractivity contribution is -0.0515. The summed E-state index contributed by atoms with van der Waals surface area (Å²) in [7, 11) is 0. The summed E-state index contributed by atoms with van der Waals surface area (Å²) in [6, 6.07) is 6.56. The number of carbonyl (C=O) groups excluding carboxylic acids is 2. The Morgan fingerprint density at radius 2 is 1.85 bits per heavy atom. The summed E-state index contributed by atoms with van der Waals surface area (Å²) in [5, 5.41) is 2.31. The van der Waals surface area contributed by atoms with Crippen molar-refractivity contribution >= 4 is 17.7 Å². The first-order valence-electron chi connectivity index (χ1n) is 12.7. The van der Waals surface area contributed by atoms with E-state index < -0.39 is 41.8 Å². The Hall–Kier alpha value is -4.29. The highest BCUT2D eigenvalue weighted by atomic mass is 19.3. The molecule has 220 valence electrons. The van der Waals surface area contributed by atoms with E-state index in [1.54, 1.807) is 0 Å². The van der Waals surface area contributed by atoms with Gasteiger partial charge in [-0.2, -0.15) is 8.78 Å². The molecule has 1 unspecified atom stereocenters. The minimum absolute atomic E-state index is 0.00784. The van der Waals surface area contributed by atoms with E-state index in [-0.39, 0.29) is 53.1 Å². The number of ether oxygens (including phenoxy) is 3. The number of alkyl halides is 2. The number of anilines is 1. The van der Waals surface area contributed by atoms with Crippen LogP contribution in [0, 0.1) is 23.0 Å². The average Bonchev–Trinajstić information content (AvgIpc) is 3.58. The van der Waals surface area contributed by atoms with Gasteiger partial charge in [0.2, 0.25) is 5.89 Å². The standard InChI is InChI=1S/C28H29F4N3O6/c1-28(2,3)12-21(40-27(33)37)23-22(24(36)34-18-8-7-16(29)11-17(18)30)35-25(41-23)15-6-9-19(39-26(31)32)20(10-15)38-13-14-4-5-14/h6-11,14,21,26H,4-5,12-13H2,1-3H3,(H2,33,37)(H,34,36). The molecule has 1 atom stereocenters. The number of nitrogens with zero attached hydrogens (tertiary/aromatic N) is 1. The van der Waals surface area contributed by atoms with Crippen molar-refractivity contribution in [3.8, 4) is 23.0 Å². The van der Waals surface area contributed by atoms with Crippen LogP contribution in [0.15, 0.2) is 40.8 Å². The van der Waals surface area contributed by atoms with Crippen molar-refractivity contribution in [3.05, 3.63) is 59.5 Å². The van der Waals surface area contributed by atoms with Gasteiger partial charge in [-0.05, 0) is 60.9 Å². The van der Waals surface area contributed by atoms with E-state index in [0.29, 0.717) is 12.0 Å². The number of oxazole rings is 1. The van der Waals surface area contributed by atoms with Crippen LogP contribution in [-0.2, 0) is 4.74 Å². The zero-order valence-corrected chi connectivity index (χ0v) is 22.5. The molecule has 2 amide bonds. The lowest BCUT2D eigenvalue weighted by Crippen LogP contribution is -2.24. The minimum atomic E-state index is -3.09. The number of benzene rings is 2. The van der Waals surface area contributed by atoms with Crippen molar-refractivity contribution in [1.82, 2.24) is 4.98 Å². The molecular weight excluding hydrogens is 550 g/mol. The highest BCUT2D eigenvalue weighted by Gasteiger charge is 2.33. The number of primary amides is 1. The fraction of sp³-hybridized carbons (Fsp3) is 0.393. The summed E-state index contributed by atoms with van der Waals surface area (Å²) < 4.78 is 75.1. The zero-order valence-electron chi connectivity index (χ0n) is 22.5. The molecule has 1 saturated carbocycles. The Morgan fingerprint density at radius 3 is 2.46 bits per heavy atom. The quantitative estimate of drug-likeness (QED) is 0.238. The highest BCUT2D eigenvalue weighted by Crippen LogP contribution is 2.39. The van der Waals surface area contributed by atoms with Gasteiger partial charge in [0.25, 0.3) is 5.91 Å². The Labute approximate surface area is 233 Å². The molecule has 0 bridgehead atoms. The number of carbonyl (C=O) groups is 2. The third-order valence-electron chi connectivity index (χ3n) is 5.97. The molecule has 4 rings (SSSR count). The highest BCUT2D eigenvalue weighted by molar-refractivity contribution is 6.04. The number of amides is 2. The third-order valence-corrected chi connectivity index (χ3v) is 5.97. The number of hydrogen-bond acceptors (Lipinski definition) is 7. The van der Waals surface area contributed by atoms with Crippen molar-refractivity contribution in [2.75, 3.05) is 11.9 Å². The van der Waals surface area contributed by atoms with E-state index in [9.17, 15) is 27.2 Å². The maximum atomic E-state index is 14.3. The smallest absolute Gasteiger partial charge is 0.405 e. The summed E-state index contributed by atoms with van der Waals surface area (Å²) in [6.07, 6.45) is -0.268. The van der Waals surface area contributed by atoms with Crippen LogP contribution in [0.1, 0.15) is 62.4 Å². The molecule has 3 aromatic rings. The van der Waals surface area contributed by atoms with E-state index in [1.807, 2.05) is 20.8 Å². The Kier molecular flexibility index (Phi) is 8.74. The maximum absolute atomic E-state index is 14.3. The van der Waals surface area contributed by atoms with Gasteiger partial charge < -0.3 is 29.7 Å². The summed E-state index contributed by atoms with van der Waals surface area (Å²) in [4.78, 5) is 29.3. The molecule has 9 nitrogen and oxygen atoms in total. The summed E-state index contributed by atoms with van der Waals surface area (Å²) in [5.41, 5.74) is 4.35. The number of rotatable bonds is 11. The fourth-order valence-electron chi connectivity index (χ4n) is 3.93. The van der Waals surface area contributed by atoms with Crippen LogP contribution in [0.4, 0.5) is 28.0 Å². The first kappa shape index (κ1) is 29.7. The molecule has 0 aliphatic heterocycles. The lowest BCUT2D eigenvalue weighted by atomic mass is 9.88. The van der Waals surface area contributed by atoms with Crippen LogP contribution < -0.4 is 20.5 Å². The number of halogens is 4. The molecule has 2 aromatic carbocycles. The van der Waals surface area contributed by atoms with Gasteiger partial charge in [0.05, 0.1) is 12.3 Å². The van der Waals surface area contributed by atoms with E-state index in [4.69, 9.17) is 19.6 Å². The van der Waals surface area contributed by atoms with Crippen LogP contribution in [-0.4, -0.2) is 30.2 Å². The molecule has 0 radical (unpaired) electrons. The Morgan fingerprint density at radius 1 is 1.12 bits per heavy atom. The normalized spacial score (nSPS) is 14.0. The van der Waals surface area contributed by atoms with E-state index in [1.165, 1.54) is 18.2 Å². The number of hydrogen-bond donors (Lipinski definition) is 2. The van der Waals surface area contributed by atoms with Gasteiger partial charge in [0, 0.05) is 11.6 Å². The van der Waals surface area contributed by atoms with Gasteiger partial charge in [0.1, 0.15) is 11.6 Å². The Balaban J connectivity index is 1.77. The summed E-state index contributed by atoms with van der Waals surface area (Å²) in [5.74, 6) is -3.07. The van der Waals surface area contributed by atoms with Gasteiger partial charge in [-0.25, -0.2) is 18.6 Å². The molecule has 13 heteroatoms. The number of aromatic nitrogens is 1.